The van der Waals surface area contributed by atoms with Crippen molar-refractivity contribution in [1.82, 2.24) is 14.8 Å². The van der Waals surface area contributed by atoms with Crippen molar-refractivity contribution in [2.24, 2.45) is 0 Å². The predicted molar refractivity (Wildman–Crippen MR) is 96.9 cm³/mol. The molecule has 4 nitrogen and oxygen atoms in total. The summed E-state index contributed by atoms with van der Waals surface area (Å²) in [4.78, 5) is 6.14. The quantitative estimate of drug-likeness (QED) is 0.573. The molecule has 0 N–H and O–H groups in total. The zero-order valence-electron chi connectivity index (χ0n) is 13.8. The first-order valence-electron chi connectivity index (χ1n) is 7.95. The van der Waals surface area contributed by atoms with E-state index in [-0.39, 0.29) is 5.75 Å². The molecule has 0 aliphatic rings. The third-order valence-corrected chi connectivity index (χ3v) is 4.87. The van der Waals surface area contributed by atoms with Crippen LogP contribution in [-0.2, 0) is 0 Å². The summed E-state index contributed by atoms with van der Waals surface area (Å²) in [7, 11) is 0. The van der Waals surface area contributed by atoms with Crippen molar-refractivity contribution in [3.63, 3.8) is 0 Å². The third-order valence-electron chi connectivity index (χ3n) is 3.53. The van der Waals surface area contributed by atoms with Crippen molar-refractivity contribution in [2.75, 3.05) is 29.5 Å². The van der Waals surface area contributed by atoms with Crippen molar-refractivity contribution in [3.8, 4) is 5.69 Å². The summed E-state index contributed by atoms with van der Waals surface area (Å²) in [5, 5.41) is 4.70. The van der Waals surface area contributed by atoms with Gasteiger partial charge in [0.2, 0.25) is 0 Å². The van der Waals surface area contributed by atoms with E-state index in [1.807, 2.05) is 25.3 Å². The Morgan fingerprint density at radius 1 is 1.32 bits per heavy atom. The van der Waals surface area contributed by atoms with Gasteiger partial charge in [0.1, 0.15) is 0 Å². The molecule has 2 heterocycles. The fourth-order valence-corrected chi connectivity index (χ4v) is 3.44. The summed E-state index contributed by atoms with van der Waals surface area (Å²) in [5.74, 6) is 0.788. The minimum absolute atomic E-state index is 0.106. The Morgan fingerprint density at radius 3 is 2.76 bits per heavy atom. The SMILES string of the molecule is CCN(CCCSCCC(F)(F)F)c1cn(-c2cccnc2)nc1Cl. The van der Waals surface area contributed by atoms with Gasteiger partial charge in [0.25, 0.3) is 0 Å². The first kappa shape index (κ1) is 19.9. The lowest BCUT2D eigenvalue weighted by Crippen LogP contribution is -2.24. The molecule has 0 aliphatic heterocycles. The average molecular weight is 393 g/mol. The Kier molecular flexibility index (Phi) is 7.43. The lowest BCUT2D eigenvalue weighted by atomic mass is 10.3. The van der Waals surface area contributed by atoms with Gasteiger partial charge in [0.05, 0.1) is 30.2 Å². The van der Waals surface area contributed by atoms with Crippen molar-refractivity contribution >= 4 is 29.1 Å². The number of halogens is 4. The molecule has 2 aromatic heterocycles. The van der Waals surface area contributed by atoms with E-state index in [1.165, 1.54) is 11.8 Å². The van der Waals surface area contributed by atoms with Gasteiger partial charge in [-0.15, -0.1) is 0 Å². The van der Waals surface area contributed by atoms with Crippen LogP contribution in [-0.4, -0.2) is 45.5 Å². The molecule has 2 rings (SSSR count). The molecule has 0 unspecified atom stereocenters. The first-order valence-corrected chi connectivity index (χ1v) is 9.49. The molecular weight excluding hydrogens is 373 g/mol. The first-order chi connectivity index (χ1) is 11.9. The van der Waals surface area contributed by atoms with Crippen LogP contribution >= 0.6 is 23.4 Å². The molecule has 25 heavy (non-hydrogen) atoms. The number of alkyl halides is 3. The van der Waals surface area contributed by atoms with Crippen molar-refractivity contribution in [1.29, 1.82) is 0 Å². The molecule has 0 amide bonds. The van der Waals surface area contributed by atoms with E-state index in [0.29, 0.717) is 17.5 Å². The standard InChI is InChI=1S/C16H20ClF3N4S/c1-2-23(8-4-9-25-10-6-16(18,19)20)14-12-24(22-15(14)17)13-5-3-7-21-11-13/h3,5,7,11-12H,2,4,6,8-10H2,1H3. The van der Waals surface area contributed by atoms with E-state index in [4.69, 9.17) is 11.6 Å². The second kappa shape index (κ2) is 9.33. The highest BCUT2D eigenvalue weighted by Gasteiger charge is 2.26. The fraction of sp³-hybridized carbons (Fsp3) is 0.500. The number of hydrogen-bond acceptors (Lipinski definition) is 4. The highest BCUT2D eigenvalue weighted by Crippen LogP contribution is 2.26. The summed E-state index contributed by atoms with van der Waals surface area (Å²) in [6, 6.07) is 3.70. The summed E-state index contributed by atoms with van der Waals surface area (Å²) in [6.07, 6.45) is 1.20. The smallest absolute Gasteiger partial charge is 0.368 e. The largest absolute Gasteiger partial charge is 0.389 e. The van der Waals surface area contributed by atoms with Crippen LogP contribution in [0.2, 0.25) is 5.15 Å². The molecule has 138 valence electrons. The molecule has 0 fully saturated rings. The topological polar surface area (TPSA) is 34.0 Å². The lowest BCUT2D eigenvalue weighted by Gasteiger charge is -2.21. The van der Waals surface area contributed by atoms with Crippen LogP contribution in [0.1, 0.15) is 19.8 Å². The van der Waals surface area contributed by atoms with E-state index in [9.17, 15) is 13.2 Å². The molecule has 0 atom stereocenters. The van der Waals surface area contributed by atoms with Crippen LogP contribution in [0.5, 0.6) is 0 Å². The maximum Gasteiger partial charge on any atom is 0.389 e. The molecule has 9 heteroatoms. The van der Waals surface area contributed by atoms with Crippen LogP contribution in [0.3, 0.4) is 0 Å². The average Bonchev–Trinajstić information content (AvgIpc) is 2.96. The maximum atomic E-state index is 12.1. The van der Waals surface area contributed by atoms with Crippen LogP contribution < -0.4 is 4.90 Å². The second-order valence-electron chi connectivity index (χ2n) is 5.37. The zero-order chi connectivity index (χ0) is 18.3. The van der Waals surface area contributed by atoms with Gasteiger partial charge in [-0.3, -0.25) is 4.98 Å². The second-order valence-corrected chi connectivity index (χ2v) is 6.95. The van der Waals surface area contributed by atoms with E-state index in [0.717, 1.165) is 24.3 Å². The molecule has 0 aromatic carbocycles. The van der Waals surface area contributed by atoms with Crippen molar-refractivity contribution in [2.45, 2.75) is 25.9 Å². The van der Waals surface area contributed by atoms with Crippen LogP contribution in [0, 0.1) is 0 Å². The maximum absolute atomic E-state index is 12.1. The predicted octanol–water partition coefficient (Wildman–Crippen LogP) is 4.82. The Hall–Kier alpha value is -1.41. The van der Waals surface area contributed by atoms with E-state index in [2.05, 4.69) is 15.0 Å². The number of pyridine rings is 1. The molecule has 0 spiro atoms. The van der Waals surface area contributed by atoms with Crippen molar-refractivity contribution < 1.29 is 13.2 Å². The Labute approximate surface area is 154 Å². The van der Waals surface area contributed by atoms with E-state index < -0.39 is 12.6 Å². The minimum Gasteiger partial charge on any atom is -0.368 e. The highest BCUT2D eigenvalue weighted by molar-refractivity contribution is 7.99. The van der Waals surface area contributed by atoms with Gasteiger partial charge >= 0.3 is 6.18 Å². The number of hydrogen-bond donors (Lipinski definition) is 0. The van der Waals surface area contributed by atoms with Crippen molar-refractivity contribution in [3.05, 3.63) is 35.9 Å². The monoisotopic (exact) mass is 392 g/mol. The van der Waals surface area contributed by atoms with E-state index >= 15 is 0 Å². The number of nitrogens with zero attached hydrogens (tertiary/aromatic N) is 4. The molecule has 0 saturated heterocycles. The molecule has 0 bridgehead atoms. The molecule has 0 saturated carbocycles. The summed E-state index contributed by atoms with van der Waals surface area (Å²) < 4.78 is 38.0. The van der Waals surface area contributed by atoms with Gasteiger partial charge in [-0.25, -0.2) is 4.68 Å². The summed E-state index contributed by atoms with van der Waals surface area (Å²) >= 11 is 7.58. The van der Waals surface area contributed by atoms with Crippen LogP contribution in [0.15, 0.2) is 30.7 Å². The fourth-order valence-electron chi connectivity index (χ4n) is 2.27. The van der Waals surface area contributed by atoms with E-state index in [1.54, 1.807) is 17.1 Å². The lowest BCUT2D eigenvalue weighted by molar-refractivity contribution is -0.129. The molecular formula is C16H20ClF3N4S. The number of rotatable bonds is 9. The molecule has 0 radical (unpaired) electrons. The highest BCUT2D eigenvalue weighted by atomic mass is 35.5. The summed E-state index contributed by atoms with van der Waals surface area (Å²) in [6.45, 7) is 3.47. The number of thioether (sulfide) groups is 1. The summed E-state index contributed by atoms with van der Waals surface area (Å²) in [5.41, 5.74) is 1.63. The van der Waals surface area contributed by atoms with Gasteiger partial charge in [0.15, 0.2) is 5.15 Å². The zero-order valence-corrected chi connectivity index (χ0v) is 15.4. The minimum atomic E-state index is -4.07. The number of anilines is 1. The van der Waals surface area contributed by atoms with Gasteiger partial charge in [0, 0.05) is 25.0 Å². The third kappa shape index (κ3) is 6.43. The Bertz CT molecular complexity index is 649. The molecule has 0 aliphatic carbocycles. The molecule has 2 aromatic rings. The Morgan fingerprint density at radius 2 is 2.12 bits per heavy atom. The normalized spacial score (nSPS) is 11.7. The van der Waals surface area contributed by atoms with Gasteiger partial charge in [-0.05, 0) is 31.2 Å². The van der Waals surface area contributed by atoms with Crippen LogP contribution in [0.25, 0.3) is 5.69 Å². The Balaban J connectivity index is 1.87. The van der Waals surface area contributed by atoms with Crippen LogP contribution in [0.4, 0.5) is 18.9 Å². The number of aromatic nitrogens is 3. The van der Waals surface area contributed by atoms with Gasteiger partial charge < -0.3 is 4.90 Å². The van der Waals surface area contributed by atoms with Gasteiger partial charge in [-0.1, -0.05) is 11.6 Å². The van der Waals surface area contributed by atoms with Gasteiger partial charge in [-0.2, -0.15) is 30.0 Å².